The lowest BCUT2D eigenvalue weighted by Gasteiger charge is -2.30. The number of halogens is 2. The Morgan fingerprint density at radius 3 is 3.00 bits per heavy atom. The summed E-state index contributed by atoms with van der Waals surface area (Å²) in [7, 11) is 0. The zero-order chi connectivity index (χ0) is 13.1. The van der Waals surface area contributed by atoms with E-state index in [0.29, 0.717) is 4.47 Å². The highest BCUT2D eigenvalue weighted by Crippen LogP contribution is 2.20. The summed E-state index contributed by atoms with van der Waals surface area (Å²) in [5.74, 6) is -0.862. The summed E-state index contributed by atoms with van der Waals surface area (Å²) >= 11 is 3.21. The van der Waals surface area contributed by atoms with Gasteiger partial charge in [-0.2, -0.15) is 0 Å². The van der Waals surface area contributed by atoms with Gasteiger partial charge in [0.25, 0.3) is 5.91 Å². The van der Waals surface area contributed by atoms with Crippen molar-refractivity contribution in [2.75, 3.05) is 6.54 Å². The van der Waals surface area contributed by atoms with Gasteiger partial charge in [0, 0.05) is 16.6 Å². The lowest BCUT2D eigenvalue weighted by molar-refractivity contribution is 0.0915. The summed E-state index contributed by atoms with van der Waals surface area (Å²) in [5, 5.41) is 6.19. The Morgan fingerprint density at radius 2 is 2.33 bits per heavy atom. The van der Waals surface area contributed by atoms with Gasteiger partial charge in [0.2, 0.25) is 0 Å². The molecule has 2 rings (SSSR count). The quantitative estimate of drug-likeness (QED) is 0.880. The normalized spacial score (nSPS) is 23.7. The van der Waals surface area contributed by atoms with Gasteiger partial charge in [-0.15, -0.1) is 0 Å². The van der Waals surface area contributed by atoms with Crippen LogP contribution in [0.15, 0.2) is 22.7 Å². The molecule has 3 nitrogen and oxygen atoms in total. The summed E-state index contributed by atoms with van der Waals surface area (Å²) < 4.78 is 14.1. The van der Waals surface area contributed by atoms with Crippen molar-refractivity contribution in [1.29, 1.82) is 0 Å². The number of hydrogen-bond donors (Lipinski definition) is 2. The number of benzene rings is 1. The molecule has 1 heterocycles. The van der Waals surface area contributed by atoms with Crippen molar-refractivity contribution in [3.8, 4) is 0 Å². The van der Waals surface area contributed by atoms with Crippen LogP contribution in [0.3, 0.4) is 0 Å². The summed E-state index contributed by atoms with van der Waals surface area (Å²) in [6.45, 7) is 3.00. The van der Waals surface area contributed by atoms with Crippen LogP contribution in [0.2, 0.25) is 0 Å². The van der Waals surface area contributed by atoms with Crippen LogP contribution in [-0.2, 0) is 0 Å². The molecule has 1 amide bonds. The fourth-order valence-corrected chi connectivity index (χ4v) is 2.72. The number of carbonyl (C=O) groups is 1. The van der Waals surface area contributed by atoms with Gasteiger partial charge in [-0.3, -0.25) is 4.79 Å². The first-order valence-electron chi connectivity index (χ1n) is 6.08. The van der Waals surface area contributed by atoms with Crippen molar-refractivity contribution in [1.82, 2.24) is 10.6 Å². The second-order valence-corrected chi connectivity index (χ2v) is 5.42. The van der Waals surface area contributed by atoms with E-state index in [1.165, 1.54) is 6.07 Å². The van der Waals surface area contributed by atoms with Crippen LogP contribution in [0.4, 0.5) is 4.39 Å². The lowest BCUT2D eigenvalue weighted by atomic mass is 9.99. The SMILES string of the molecule is CC1NCCCC1NC(=O)c1c(F)cccc1Br. The van der Waals surface area contributed by atoms with Crippen molar-refractivity contribution in [3.63, 3.8) is 0 Å². The molecule has 1 aliphatic rings. The number of rotatable bonds is 2. The standard InChI is InChI=1S/C13H16BrFN2O/c1-8-11(6-3-7-16-8)17-13(18)12-9(14)4-2-5-10(12)15/h2,4-5,8,11,16H,3,6-7H2,1H3,(H,17,18). The zero-order valence-electron chi connectivity index (χ0n) is 10.2. The van der Waals surface area contributed by atoms with E-state index in [0.717, 1.165) is 19.4 Å². The minimum Gasteiger partial charge on any atom is -0.348 e. The van der Waals surface area contributed by atoms with Crippen LogP contribution in [0.25, 0.3) is 0 Å². The average Bonchev–Trinajstić information content (AvgIpc) is 2.32. The maximum absolute atomic E-state index is 13.6. The van der Waals surface area contributed by atoms with Crippen molar-refractivity contribution >= 4 is 21.8 Å². The van der Waals surface area contributed by atoms with Crippen LogP contribution < -0.4 is 10.6 Å². The Kier molecular flexibility index (Phi) is 4.35. The van der Waals surface area contributed by atoms with Crippen molar-refractivity contribution in [2.45, 2.75) is 31.8 Å². The third-order valence-electron chi connectivity index (χ3n) is 3.27. The maximum atomic E-state index is 13.6. The predicted octanol–water partition coefficient (Wildman–Crippen LogP) is 2.46. The van der Waals surface area contributed by atoms with Crippen LogP contribution in [0, 0.1) is 5.82 Å². The molecule has 2 N–H and O–H groups in total. The second kappa shape index (κ2) is 5.80. The van der Waals surface area contributed by atoms with E-state index in [4.69, 9.17) is 0 Å². The van der Waals surface area contributed by atoms with E-state index in [9.17, 15) is 9.18 Å². The van der Waals surface area contributed by atoms with Crippen LogP contribution >= 0.6 is 15.9 Å². The van der Waals surface area contributed by atoms with E-state index >= 15 is 0 Å². The Morgan fingerprint density at radius 1 is 1.56 bits per heavy atom. The van der Waals surface area contributed by atoms with Gasteiger partial charge in [-0.05, 0) is 54.4 Å². The Hall–Kier alpha value is -0.940. The van der Waals surface area contributed by atoms with Gasteiger partial charge in [0.15, 0.2) is 0 Å². The summed E-state index contributed by atoms with van der Waals surface area (Å²) in [6.07, 6.45) is 1.94. The molecular formula is C13H16BrFN2O. The third-order valence-corrected chi connectivity index (χ3v) is 3.93. The predicted molar refractivity (Wildman–Crippen MR) is 72.1 cm³/mol. The molecule has 98 valence electrons. The third kappa shape index (κ3) is 2.90. The smallest absolute Gasteiger partial charge is 0.255 e. The van der Waals surface area contributed by atoms with Crippen molar-refractivity contribution < 1.29 is 9.18 Å². The molecule has 2 unspecified atom stereocenters. The highest BCUT2D eigenvalue weighted by molar-refractivity contribution is 9.10. The van der Waals surface area contributed by atoms with Gasteiger partial charge in [-0.25, -0.2) is 4.39 Å². The number of piperidine rings is 1. The van der Waals surface area contributed by atoms with E-state index in [1.54, 1.807) is 12.1 Å². The molecule has 1 aliphatic heterocycles. The molecule has 1 saturated heterocycles. The molecule has 5 heteroatoms. The minimum atomic E-state index is -0.502. The average molecular weight is 315 g/mol. The highest BCUT2D eigenvalue weighted by atomic mass is 79.9. The molecule has 0 aromatic heterocycles. The molecule has 0 saturated carbocycles. The van der Waals surface area contributed by atoms with Gasteiger partial charge >= 0.3 is 0 Å². The Bertz CT molecular complexity index is 432. The molecule has 2 atom stereocenters. The molecule has 1 fully saturated rings. The number of nitrogens with one attached hydrogen (secondary N) is 2. The zero-order valence-corrected chi connectivity index (χ0v) is 11.8. The Labute approximate surface area is 114 Å². The number of hydrogen-bond acceptors (Lipinski definition) is 2. The lowest BCUT2D eigenvalue weighted by Crippen LogP contribution is -2.52. The summed E-state index contributed by atoms with van der Waals surface area (Å²) in [6, 6.07) is 4.80. The second-order valence-electron chi connectivity index (χ2n) is 4.56. The van der Waals surface area contributed by atoms with Crippen LogP contribution in [0.1, 0.15) is 30.1 Å². The molecular weight excluding hydrogens is 299 g/mol. The Balaban J connectivity index is 2.12. The number of amides is 1. The van der Waals surface area contributed by atoms with Crippen LogP contribution in [0.5, 0.6) is 0 Å². The van der Waals surface area contributed by atoms with Gasteiger partial charge < -0.3 is 10.6 Å². The van der Waals surface area contributed by atoms with Crippen LogP contribution in [-0.4, -0.2) is 24.5 Å². The van der Waals surface area contributed by atoms with E-state index in [2.05, 4.69) is 26.6 Å². The van der Waals surface area contributed by atoms with Gasteiger partial charge in [0.05, 0.1) is 5.56 Å². The molecule has 18 heavy (non-hydrogen) atoms. The summed E-state index contributed by atoms with van der Waals surface area (Å²) in [4.78, 5) is 12.1. The van der Waals surface area contributed by atoms with Crippen molar-refractivity contribution in [3.05, 3.63) is 34.1 Å². The van der Waals surface area contributed by atoms with Gasteiger partial charge in [-0.1, -0.05) is 6.07 Å². The summed E-state index contributed by atoms with van der Waals surface area (Å²) in [5.41, 5.74) is 0.0790. The fraction of sp³-hybridized carbons (Fsp3) is 0.462. The molecule has 0 radical (unpaired) electrons. The topological polar surface area (TPSA) is 41.1 Å². The molecule has 1 aromatic carbocycles. The maximum Gasteiger partial charge on any atom is 0.255 e. The molecule has 0 spiro atoms. The first kappa shape index (κ1) is 13.5. The number of carbonyl (C=O) groups excluding carboxylic acids is 1. The van der Waals surface area contributed by atoms with E-state index < -0.39 is 5.82 Å². The van der Waals surface area contributed by atoms with E-state index in [-0.39, 0.29) is 23.6 Å². The highest BCUT2D eigenvalue weighted by Gasteiger charge is 2.24. The first-order valence-corrected chi connectivity index (χ1v) is 6.87. The molecule has 1 aromatic rings. The first-order chi connectivity index (χ1) is 8.59. The van der Waals surface area contributed by atoms with E-state index in [1.807, 2.05) is 6.92 Å². The van der Waals surface area contributed by atoms with Crippen molar-refractivity contribution in [2.24, 2.45) is 0 Å². The fourth-order valence-electron chi connectivity index (χ4n) is 2.20. The van der Waals surface area contributed by atoms with Gasteiger partial charge in [0.1, 0.15) is 5.82 Å². The molecule has 0 bridgehead atoms. The monoisotopic (exact) mass is 314 g/mol. The largest absolute Gasteiger partial charge is 0.348 e. The minimum absolute atomic E-state index is 0.0535. The molecule has 0 aliphatic carbocycles.